The highest BCUT2D eigenvalue weighted by molar-refractivity contribution is 5.98. The Balaban J connectivity index is 3.45. The maximum absolute atomic E-state index is 14.1. The molecule has 7 amide bonds. The maximum atomic E-state index is 14.1. The number of carbonyl (C=O) groups is 10. The Kier molecular flexibility index (Phi) is 26.6. The van der Waals surface area contributed by atoms with Crippen molar-refractivity contribution in [2.75, 3.05) is 13.2 Å². The maximum Gasteiger partial charge on any atom is 0.328 e. The lowest BCUT2D eigenvalue weighted by atomic mass is 9.98. The molecular weight excluding hydrogens is 907 g/mol. The molecule has 0 heterocycles. The third-order valence-corrected chi connectivity index (χ3v) is 10.2. The molecular formula is C44H71N11O14. The number of carboxylic acids is 3. The van der Waals surface area contributed by atoms with E-state index in [0.717, 1.165) is 0 Å². The Morgan fingerprint density at radius 3 is 1.49 bits per heavy atom. The van der Waals surface area contributed by atoms with Crippen molar-refractivity contribution in [1.82, 2.24) is 37.2 Å². The number of rotatable bonds is 32. The minimum absolute atomic E-state index is 0.00283. The van der Waals surface area contributed by atoms with Crippen molar-refractivity contribution in [3.8, 4) is 0 Å². The number of benzene rings is 1. The number of carbonyl (C=O) groups excluding carboxylic acids is 7. The zero-order chi connectivity index (χ0) is 52.5. The second-order valence-corrected chi connectivity index (χ2v) is 17.7. The first-order chi connectivity index (χ1) is 32.2. The molecule has 0 radical (unpaired) electrons. The van der Waals surface area contributed by atoms with Crippen LogP contribution in [0.3, 0.4) is 0 Å². The summed E-state index contributed by atoms with van der Waals surface area (Å²) in [5.74, 6) is -12.4. The molecule has 0 saturated heterocycles. The van der Waals surface area contributed by atoms with Crippen molar-refractivity contribution >= 4 is 65.2 Å². The summed E-state index contributed by atoms with van der Waals surface area (Å²) in [6.07, 6.45) is -2.11. The summed E-state index contributed by atoms with van der Waals surface area (Å²) in [6, 6.07) is -3.16. The predicted molar refractivity (Wildman–Crippen MR) is 249 cm³/mol. The SMILES string of the molecule is CC(C)C[C@H](NC(=O)[C@H](CC(=O)O)NC(=O)[C@H](CCC(=O)O)NC(=O)[C@@H](N)Cc1ccccc1)C(=O)N[C@@H](CCCN=C(N)N)C(=O)N[C@H](C(=O)N[C@@H](CC(C)C)C(=O)N[C@@H](CO)C(=O)O)C(C)C. The summed E-state index contributed by atoms with van der Waals surface area (Å²) in [5, 5.41) is 54.8. The van der Waals surface area contributed by atoms with Crippen molar-refractivity contribution in [3.63, 3.8) is 0 Å². The van der Waals surface area contributed by atoms with Gasteiger partial charge in [-0.1, -0.05) is 71.9 Å². The number of aliphatic hydroxyl groups excluding tert-OH is 1. The van der Waals surface area contributed by atoms with Gasteiger partial charge in [0.25, 0.3) is 0 Å². The third kappa shape index (κ3) is 23.6. The number of aliphatic imine (C=N–C) groups is 1. The number of nitrogens with one attached hydrogen (secondary N) is 7. The van der Waals surface area contributed by atoms with Crippen LogP contribution in [0.5, 0.6) is 0 Å². The van der Waals surface area contributed by atoms with Crippen LogP contribution in [0, 0.1) is 17.8 Å². The number of amides is 7. The minimum Gasteiger partial charge on any atom is -0.481 e. The van der Waals surface area contributed by atoms with Crippen LogP contribution >= 0.6 is 0 Å². The number of guanidine groups is 1. The van der Waals surface area contributed by atoms with Gasteiger partial charge in [0.1, 0.15) is 42.3 Å². The minimum atomic E-state index is -1.87. The first-order valence-electron chi connectivity index (χ1n) is 22.5. The number of nitrogens with zero attached hydrogens (tertiary/aromatic N) is 1. The van der Waals surface area contributed by atoms with E-state index in [1.807, 2.05) is 0 Å². The first-order valence-corrected chi connectivity index (χ1v) is 22.5. The van der Waals surface area contributed by atoms with Gasteiger partial charge in [-0.15, -0.1) is 0 Å². The fourth-order valence-corrected chi connectivity index (χ4v) is 6.66. The number of hydrogen-bond donors (Lipinski definition) is 14. The zero-order valence-electron chi connectivity index (χ0n) is 39.9. The summed E-state index contributed by atoms with van der Waals surface area (Å²) in [7, 11) is 0. The lowest BCUT2D eigenvalue weighted by Crippen LogP contribution is -2.61. The van der Waals surface area contributed by atoms with Gasteiger partial charge in [-0.2, -0.15) is 0 Å². The van der Waals surface area contributed by atoms with Crippen LogP contribution in [0.25, 0.3) is 0 Å². The first kappa shape index (κ1) is 60.1. The van der Waals surface area contributed by atoms with Gasteiger partial charge in [-0.05, 0) is 61.8 Å². The van der Waals surface area contributed by atoms with E-state index in [2.05, 4.69) is 42.2 Å². The molecule has 0 aromatic heterocycles. The van der Waals surface area contributed by atoms with Crippen molar-refractivity contribution in [2.24, 2.45) is 39.9 Å². The molecule has 1 aromatic carbocycles. The van der Waals surface area contributed by atoms with E-state index in [-0.39, 0.29) is 56.4 Å². The van der Waals surface area contributed by atoms with Gasteiger partial charge in [0.15, 0.2) is 5.96 Å². The summed E-state index contributed by atoms with van der Waals surface area (Å²) >= 11 is 0. The second kappa shape index (κ2) is 30.5. The molecule has 0 bridgehead atoms. The Morgan fingerprint density at radius 1 is 0.565 bits per heavy atom. The highest BCUT2D eigenvalue weighted by Crippen LogP contribution is 2.12. The fraction of sp³-hybridized carbons (Fsp3) is 0.614. The van der Waals surface area contributed by atoms with Gasteiger partial charge in [-0.3, -0.25) is 48.1 Å². The lowest BCUT2D eigenvalue weighted by molar-refractivity contribution is -0.143. The van der Waals surface area contributed by atoms with Crippen LogP contribution in [-0.2, 0) is 54.4 Å². The fourth-order valence-electron chi connectivity index (χ4n) is 6.66. The van der Waals surface area contributed by atoms with Crippen LogP contribution in [-0.4, -0.2) is 147 Å². The molecule has 0 spiro atoms. The Labute approximate surface area is 400 Å². The summed E-state index contributed by atoms with van der Waals surface area (Å²) < 4.78 is 0. The average molecular weight is 978 g/mol. The molecule has 25 heteroatoms. The smallest absolute Gasteiger partial charge is 0.328 e. The molecule has 0 fully saturated rings. The van der Waals surface area contributed by atoms with Crippen LogP contribution < -0.4 is 54.4 Å². The molecule has 0 aliphatic carbocycles. The quantitative estimate of drug-likeness (QED) is 0.0197. The van der Waals surface area contributed by atoms with Gasteiger partial charge < -0.3 is 74.8 Å². The monoisotopic (exact) mass is 978 g/mol. The van der Waals surface area contributed by atoms with Gasteiger partial charge in [0.2, 0.25) is 41.4 Å². The van der Waals surface area contributed by atoms with E-state index in [1.54, 1.807) is 71.9 Å². The van der Waals surface area contributed by atoms with Gasteiger partial charge in [-0.25, -0.2) is 4.79 Å². The highest BCUT2D eigenvalue weighted by Gasteiger charge is 2.36. The predicted octanol–water partition coefficient (Wildman–Crippen LogP) is -2.83. The van der Waals surface area contributed by atoms with Crippen LogP contribution in [0.4, 0.5) is 0 Å². The molecule has 0 unspecified atom stereocenters. The van der Waals surface area contributed by atoms with E-state index < -0.39 is 139 Å². The Bertz CT molecular complexity index is 1950. The van der Waals surface area contributed by atoms with E-state index in [0.29, 0.717) is 5.56 Å². The molecule has 0 aliphatic rings. The zero-order valence-corrected chi connectivity index (χ0v) is 39.9. The molecule has 386 valence electrons. The lowest BCUT2D eigenvalue weighted by Gasteiger charge is -2.29. The Morgan fingerprint density at radius 2 is 1.01 bits per heavy atom. The van der Waals surface area contributed by atoms with Gasteiger partial charge >= 0.3 is 17.9 Å². The Hall–Kier alpha value is -6.89. The third-order valence-electron chi connectivity index (χ3n) is 10.2. The molecule has 25 nitrogen and oxygen atoms in total. The number of hydrogen-bond acceptors (Lipinski definition) is 13. The molecule has 0 saturated carbocycles. The largest absolute Gasteiger partial charge is 0.481 e. The number of aliphatic carboxylic acids is 3. The van der Waals surface area contributed by atoms with E-state index >= 15 is 0 Å². The normalized spacial score (nSPS) is 14.6. The van der Waals surface area contributed by atoms with Crippen LogP contribution in [0.15, 0.2) is 35.3 Å². The van der Waals surface area contributed by atoms with Gasteiger partial charge in [0, 0.05) is 13.0 Å². The van der Waals surface area contributed by atoms with E-state index in [4.69, 9.17) is 17.2 Å². The molecule has 17 N–H and O–H groups in total. The van der Waals surface area contributed by atoms with E-state index in [9.17, 15) is 68.4 Å². The number of carboxylic acid groups (broad SMARTS) is 3. The molecule has 69 heavy (non-hydrogen) atoms. The van der Waals surface area contributed by atoms with Crippen molar-refractivity contribution in [1.29, 1.82) is 0 Å². The van der Waals surface area contributed by atoms with Crippen LogP contribution in [0.2, 0.25) is 0 Å². The summed E-state index contributed by atoms with van der Waals surface area (Å²) in [5.41, 5.74) is 17.7. The molecule has 1 rings (SSSR count). The van der Waals surface area contributed by atoms with Crippen molar-refractivity contribution in [2.45, 2.75) is 141 Å². The van der Waals surface area contributed by atoms with Crippen molar-refractivity contribution in [3.05, 3.63) is 35.9 Å². The number of nitrogens with two attached hydrogens (primary N) is 3. The van der Waals surface area contributed by atoms with Crippen molar-refractivity contribution < 1.29 is 68.4 Å². The molecule has 1 aromatic rings. The second-order valence-electron chi connectivity index (χ2n) is 17.7. The van der Waals surface area contributed by atoms with E-state index in [1.165, 1.54) is 0 Å². The highest BCUT2D eigenvalue weighted by atomic mass is 16.4. The molecule has 0 aliphatic heterocycles. The summed E-state index contributed by atoms with van der Waals surface area (Å²) in [4.78, 5) is 134. The topological polar surface area (TPSA) is 426 Å². The van der Waals surface area contributed by atoms with Gasteiger partial charge in [0.05, 0.1) is 19.1 Å². The average Bonchev–Trinajstić information content (AvgIpc) is 3.25. The standard InChI is InChI=1S/C44H71N11O14/c1-22(2)17-29(51-41(66)31(20-34(59)60)52-37(62)28(14-15-33(57)58)49-36(61)26(45)19-25-11-8-7-9-12-25)39(64)50-27(13-10-16-48-44(46)47)38(63)55-35(24(5)6)42(67)53-30(18-23(3)4)40(65)54-32(21-56)43(68)69/h7-9,11-12,22-24,26-32,35,56H,10,13-21,45H2,1-6H3,(H,49,61)(H,50,64)(H,51,66)(H,52,62)(H,53,67)(H,54,65)(H,55,63)(H,57,58)(H,59,60)(H,68,69)(H4,46,47,48)/t26-,27-,28-,29-,30-,31-,32-,35-/m0/s1. The summed E-state index contributed by atoms with van der Waals surface area (Å²) in [6.45, 7) is 9.15. The molecule has 8 atom stereocenters. The van der Waals surface area contributed by atoms with Crippen LogP contribution in [0.1, 0.15) is 92.1 Å². The number of aliphatic hydroxyl groups is 1.